The smallest absolute Gasteiger partial charge is 0.187 e. The number of ether oxygens (including phenoxy) is 4. The molecule has 5 heteroatoms. The van der Waals surface area contributed by atoms with Crippen molar-refractivity contribution in [3.8, 4) is 0 Å². The molecule has 0 aliphatic carbocycles. The zero-order valence-corrected chi connectivity index (χ0v) is 8.67. The topological polar surface area (TPSA) is 63.8 Å². The summed E-state index contributed by atoms with van der Waals surface area (Å²) in [6.45, 7) is 2.51. The van der Waals surface area contributed by atoms with Crippen LogP contribution in [0.25, 0.3) is 0 Å². The normalized spacial score (nSPS) is 49.6. The van der Waals surface area contributed by atoms with Crippen molar-refractivity contribution in [1.82, 2.24) is 0 Å². The summed E-state index contributed by atoms with van der Waals surface area (Å²) >= 11 is 0. The van der Waals surface area contributed by atoms with E-state index in [0.717, 1.165) is 12.8 Å². The van der Waals surface area contributed by atoms with Crippen LogP contribution < -0.4 is 0 Å². The highest BCUT2D eigenvalue weighted by molar-refractivity contribution is 4.94. The highest BCUT2D eigenvalue weighted by atomic mass is 16.8. The monoisotopic (exact) mass is 216 g/mol. The number of rotatable bonds is 4. The molecule has 15 heavy (non-hydrogen) atoms. The van der Waals surface area contributed by atoms with E-state index in [0.29, 0.717) is 6.61 Å². The first-order valence-corrected chi connectivity index (χ1v) is 5.55. The second-order valence-corrected chi connectivity index (χ2v) is 4.21. The summed E-state index contributed by atoms with van der Waals surface area (Å²) in [6.07, 6.45) is 0.783. The van der Waals surface area contributed by atoms with Crippen LogP contribution in [-0.4, -0.2) is 48.7 Å². The Morgan fingerprint density at radius 3 is 2.93 bits per heavy atom. The predicted octanol–water partition coefficient (Wildman–Crippen LogP) is 0.0126. The fourth-order valence-corrected chi connectivity index (χ4v) is 2.13. The minimum Gasteiger partial charge on any atom is -0.387 e. The van der Waals surface area contributed by atoms with Gasteiger partial charge in [0.15, 0.2) is 12.6 Å². The average molecular weight is 216 g/mol. The van der Waals surface area contributed by atoms with E-state index >= 15 is 0 Å². The van der Waals surface area contributed by atoms with Crippen molar-refractivity contribution in [2.75, 3.05) is 6.61 Å². The highest BCUT2D eigenvalue weighted by Gasteiger charge is 2.53. The summed E-state index contributed by atoms with van der Waals surface area (Å²) in [5.41, 5.74) is 0. The Morgan fingerprint density at radius 2 is 2.20 bits per heavy atom. The van der Waals surface area contributed by atoms with Crippen LogP contribution in [0.1, 0.15) is 19.8 Å². The van der Waals surface area contributed by atoms with Gasteiger partial charge >= 0.3 is 0 Å². The molecule has 0 aromatic carbocycles. The van der Waals surface area contributed by atoms with Crippen LogP contribution in [0.5, 0.6) is 0 Å². The fraction of sp³-hybridized carbons (Fsp3) is 1.00. The molecule has 6 atom stereocenters. The van der Waals surface area contributed by atoms with Crippen molar-refractivity contribution in [2.45, 2.75) is 56.8 Å². The predicted molar refractivity (Wildman–Crippen MR) is 49.1 cm³/mol. The molecule has 3 aliphatic heterocycles. The van der Waals surface area contributed by atoms with Crippen LogP contribution >= 0.6 is 0 Å². The Labute approximate surface area is 88.3 Å². The minimum absolute atomic E-state index is 0.0808. The summed E-state index contributed by atoms with van der Waals surface area (Å²) in [6, 6.07) is 0. The first-order chi connectivity index (χ1) is 7.29. The van der Waals surface area contributed by atoms with Gasteiger partial charge in [0.1, 0.15) is 18.3 Å². The quantitative estimate of drug-likeness (QED) is 0.671. The highest BCUT2D eigenvalue weighted by Crippen LogP contribution is 2.39. The van der Waals surface area contributed by atoms with Gasteiger partial charge < -0.3 is 24.1 Å². The Hall–Kier alpha value is -0.200. The van der Waals surface area contributed by atoms with Crippen LogP contribution in [0.3, 0.4) is 0 Å². The Bertz CT molecular complexity index is 246. The molecule has 0 aromatic heterocycles. The van der Waals surface area contributed by atoms with E-state index in [-0.39, 0.29) is 30.9 Å². The molecule has 3 heterocycles. The number of aliphatic hydroxyl groups excluding tert-OH is 1. The summed E-state index contributed by atoms with van der Waals surface area (Å²) in [7, 11) is 0. The summed E-state index contributed by atoms with van der Waals surface area (Å²) < 4.78 is 21.2. The number of hydrogen-bond donors (Lipinski definition) is 1. The number of epoxide rings is 2. The zero-order valence-electron chi connectivity index (χ0n) is 8.67. The van der Waals surface area contributed by atoms with E-state index < -0.39 is 6.10 Å². The Balaban J connectivity index is 1.50. The van der Waals surface area contributed by atoms with Crippen molar-refractivity contribution in [1.29, 1.82) is 0 Å². The van der Waals surface area contributed by atoms with Crippen LogP contribution in [0.2, 0.25) is 0 Å². The maximum atomic E-state index is 9.96. The third-order valence-electron chi connectivity index (χ3n) is 3.11. The minimum atomic E-state index is -0.591. The van der Waals surface area contributed by atoms with Gasteiger partial charge in [-0.1, -0.05) is 0 Å². The van der Waals surface area contributed by atoms with Crippen LogP contribution in [0.15, 0.2) is 0 Å². The number of fused-ring (bicyclic) bond motifs is 1. The molecule has 3 rings (SSSR count). The van der Waals surface area contributed by atoms with E-state index in [4.69, 9.17) is 18.9 Å². The largest absolute Gasteiger partial charge is 0.387 e. The molecule has 0 saturated carbocycles. The second-order valence-electron chi connectivity index (χ2n) is 4.21. The van der Waals surface area contributed by atoms with E-state index in [1.165, 1.54) is 0 Å². The molecule has 3 aliphatic rings. The van der Waals surface area contributed by atoms with Gasteiger partial charge in [-0.15, -0.1) is 0 Å². The molecule has 0 bridgehead atoms. The van der Waals surface area contributed by atoms with Crippen molar-refractivity contribution >= 4 is 0 Å². The Kier molecular flexibility index (Phi) is 2.45. The number of aliphatic hydroxyl groups is 1. The molecule has 5 nitrogen and oxygen atoms in total. The van der Waals surface area contributed by atoms with Crippen molar-refractivity contribution in [2.24, 2.45) is 0 Å². The van der Waals surface area contributed by atoms with E-state index in [1.54, 1.807) is 0 Å². The van der Waals surface area contributed by atoms with Crippen molar-refractivity contribution in [3.63, 3.8) is 0 Å². The lowest BCUT2D eigenvalue weighted by Gasteiger charge is -2.23. The Morgan fingerprint density at radius 1 is 1.33 bits per heavy atom. The SMILES string of the molecule is CCOC1OC1[C@@H](O)[C@@H]1CCC2OC2O1. The first-order valence-electron chi connectivity index (χ1n) is 5.55. The van der Waals surface area contributed by atoms with Gasteiger partial charge in [-0.3, -0.25) is 0 Å². The zero-order chi connectivity index (χ0) is 10.4. The van der Waals surface area contributed by atoms with E-state index in [2.05, 4.69) is 0 Å². The first kappa shape index (κ1) is 9.99. The maximum Gasteiger partial charge on any atom is 0.187 e. The molecule has 3 saturated heterocycles. The lowest BCUT2D eigenvalue weighted by molar-refractivity contribution is -0.0910. The second kappa shape index (κ2) is 3.68. The summed E-state index contributed by atoms with van der Waals surface area (Å²) in [5.74, 6) is 0. The van der Waals surface area contributed by atoms with Gasteiger partial charge in [-0.05, 0) is 19.8 Å². The standard InChI is InChI=1S/C10H16O5/c1-2-12-10-8(15-10)7(11)5-3-4-6-9(13-5)14-6/h5-11H,2-4H2,1H3/t5-,6?,7-,8?,9?,10?/m0/s1. The van der Waals surface area contributed by atoms with Crippen LogP contribution in [-0.2, 0) is 18.9 Å². The molecule has 3 fully saturated rings. The lowest BCUT2D eigenvalue weighted by Crippen LogP contribution is -2.38. The van der Waals surface area contributed by atoms with Gasteiger partial charge in [0, 0.05) is 6.61 Å². The maximum absolute atomic E-state index is 9.96. The van der Waals surface area contributed by atoms with E-state index in [9.17, 15) is 5.11 Å². The van der Waals surface area contributed by atoms with Gasteiger partial charge in [-0.25, -0.2) is 0 Å². The van der Waals surface area contributed by atoms with Crippen molar-refractivity contribution < 1.29 is 24.1 Å². The molecule has 1 N–H and O–H groups in total. The molecular formula is C10H16O5. The van der Waals surface area contributed by atoms with E-state index in [1.807, 2.05) is 6.92 Å². The molecule has 0 aromatic rings. The molecule has 86 valence electrons. The third kappa shape index (κ3) is 1.90. The van der Waals surface area contributed by atoms with Crippen LogP contribution in [0, 0.1) is 0 Å². The third-order valence-corrected chi connectivity index (χ3v) is 3.11. The molecular weight excluding hydrogens is 200 g/mol. The summed E-state index contributed by atoms with van der Waals surface area (Å²) in [4.78, 5) is 0. The lowest BCUT2D eigenvalue weighted by atomic mass is 10.0. The molecule has 0 spiro atoms. The van der Waals surface area contributed by atoms with Gasteiger partial charge in [0.25, 0.3) is 0 Å². The molecule has 0 amide bonds. The molecule has 4 unspecified atom stereocenters. The van der Waals surface area contributed by atoms with Crippen molar-refractivity contribution in [3.05, 3.63) is 0 Å². The van der Waals surface area contributed by atoms with Gasteiger partial charge in [0.05, 0.1) is 6.10 Å². The van der Waals surface area contributed by atoms with Crippen LogP contribution in [0.4, 0.5) is 0 Å². The van der Waals surface area contributed by atoms with Gasteiger partial charge in [0.2, 0.25) is 0 Å². The average Bonchev–Trinajstić information content (AvgIpc) is 3.11. The number of hydrogen-bond acceptors (Lipinski definition) is 5. The summed E-state index contributed by atoms with van der Waals surface area (Å²) in [5, 5.41) is 9.96. The fourth-order valence-electron chi connectivity index (χ4n) is 2.13. The molecule has 0 radical (unpaired) electrons. The van der Waals surface area contributed by atoms with Gasteiger partial charge in [-0.2, -0.15) is 0 Å².